The molecule has 0 aliphatic rings. The molecule has 0 unspecified atom stereocenters. The third-order valence-corrected chi connectivity index (χ3v) is 5.65. The Morgan fingerprint density at radius 2 is 1.79 bits per heavy atom. The van der Waals surface area contributed by atoms with Gasteiger partial charge in [-0.05, 0) is 43.7 Å². The Labute approximate surface area is 143 Å². The van der Waals surface area contributed by atoms with Crippen molar-refractivity contribution in [3.8, 4) is 0 Å². The minimum absolute atomic E-state index is 0.0322. The number of hydrogen-bond donors (Lipinski definition) is 1. The summed E-state index contributed by atoms with van der Waals surface area (Å²) in [5.41, 5.74) is 0.893. The molecule has 1 amide bonds. The molecule has 0 radical (unpaired) electrons. The van der Waals surface area contributed by atoms with Gasteiger partial charge in [0.25, 0.3) is 15.9 Å². The molecule has 6 heteroatoms. The largest absolute Gasteiger partial charge is 0.350 e. The molecule has 1 atom stereocenters. The number of nitrogens with zero attached hydrogens (tertiary/aromatic N) is 1. The smallest absolute Gasteiger partial charge is 0.264 e. The Morgan fingerprint density at radius 1 is 1.12 bits per heavy atom. The quantitative estimate of drug-likeness (QED) is 0.874. The van der Waals surface area contributed by atoms with E-state index in [0.717, 1.165) is 6.42 Å². The number of amides is 1. The number of carbonyl (C=O) groups excluding carboxylic acids is 1. The molecular weight excluding hydrogens is 324 g/mol. The second-order valence-electron chi connectivity index (χ2n) is 5.62. The van der Waals surface area contributed by atoms with Gasteiger partial charge in [0.2, 0.25) is 0 Å². The fraction of sp³-hybridized carbons (Fsp3) is 0.278. The Hall–Kier alpha value is -2.34. The average molecular weight is 346 g/mol. The highest BCUT2D eigenvalue weighted by Gasteiger charge is 2.22. The Bertz CT molecular complexity index is 804. The number of hydrogen-bond acceptors (Lipinski definition) is 3. The fourth-order valence-electron chi connectivity index (χ4n) is 2.14. The molecule has 0 heterocycles. The van der Waals surface area contributed by atoms with Crippen LogP contribution in [0.4, 0.5) is 5.69 Å². The van der Waals surface area contributed by atoms with Gasteiger partial charge in [-0.3, -0.25) is 9.10 Å². The lowest BCUT2D eigenvalue weighted by Crippen LogP contribution is -2.32. The van der Waals surface area contributed by atoms with Crippen molar-refractivity contribution in [3.63, 3.8) is 0 Å². The summed E-state index contributed by atoms with van der Waals surface area (Å²) in [4.78, 5) is 12.3. The van der Waals surface area contributed by atoms with Gasteiger partial charge in [0.15, 0.2) is 0 Å². The van der Waals surface area contributed by atoms with Gasteiger partial charge < -0.3 is 5.32 Å². The number of benzene rings is 2. The van der Waals surface area contributed by atoms with Crippen molar-refractivity contribution in [3.05, 3.63) is 60.2 Å². The van der Waals surface area contributed by atoms with Gasteiger partial charge in [-0.15, -0.1) is 0 Å². The van der Waals surface area contributed by atoms with E-state index in [9.17, 15) is 13.2 Å². The van der Waals surface area contributed by atoms with Crippen LogP contribution in [0.5, 0.6) is 0 Å². The molecule has 24 heavy (non-hydrogen) atoms. The normalized spacial score (nSPS) is 12.5. The topological polar surface area (TPSA) is 66.5 Å². The van der Waals surface area contributed by atoms with Crippen LogP contribution >= 0.6 is 0 Å². The molecule has 0 saturated carbocycles. The van der Waals surface area contributed by atoms with Crippen LogP contribution < -0.4 is 9.62 Å². The standard InChI is InChI=1S/C18H22N2O3S/c1-4-14(2)19-18(21)15-9-8-12-17(13-15)24(22,23)20(3)16-10-6-5-7-11-16/h5-14H,4H2,1-3H3,(H,19,21)/t14-/m0/s1. The molecule has 0 fully saturated rings. The highest BCUT2D eigenvalue weighted by atomic mass is 32.2. The van der Waals surface area contributed by atoms with Crippen molar-refractivity contribution < 1.29 is 13.2 Å². The van der Waals surface area contributed by atoms with E-state index in [2.05, 4.69) is 5.32 Å². The van der Waals surface area contributed by atoms with E-state index in [0.29, 0.717) is 11.3 Å². The van der Waals surface area contributed by atoms with Crippen molar-refractivity contribution in [2.24, 2.45) is 0 Å². The summed E-state index contributed by atoms with van der Waals surface area (Å²) >= 11 is 0. The highest BCUT2D eigenvalue weighted by Crippen LogP contribution is 2.22. The van der Waals surface area contributed by atoms with Gasteiger partial charge in [0.1, 0.15) is 0 Å². The summed E-state index contributed by atoms with van der Waals surface area (Å²) in [5, 5.41) is 2.84. The van der Waals surface area contributed by atoms with Crippen LogP contribution in [0, 0.1) is 0 Å². The van der Waals surface area contributed by atoms with Crippen LogP contribution in [0.1, 0.15) is 30.6 Å². The molecule has 2 rings (SSSR count). The van der Waals surface area contributed by atoms with Crippen LogP contribution in [0.15, 0.2) is 59.5 Å². The van der Waals surface area contributed by atoms with Crippen molar-refractivity contribution in [2.75, 3.05) is 11.4 Å². The first-order valence-corrected chi connectivity index (χ1v) is 9.25. The molecule has 2 aromatic rings. The zero-order chi connectivity index (χ0) is 17.7. The number of nitrogens with one attached hydrogen (secondary N) is 1. The first-order chi connectivity index (χ1) is 11.4. The summed E-state index contributed by atoms with van der Waals surface area (Å²) in [6.07, 6.45) is 0.806. The maximum Gasteiger partial charge on any atom is 0.264 e. The molecule has 0 saturated heterocycles. The third kappa shape index (κ3) is 3.94. The summed E-state index contributed by atoms with van der Waals surface area (Å²) in [6.45, 7) is 3.88. The lowest BCUT2D eigenvalue weighted by atomic mass is 10.2. The molecule has 1 N–H and O–H groups in total. The SMILES string of the molecule is CC[C@H](C)NC(=O)c1cccc(S(=O)(=O)N(C)c2ccccc2)c1. The lowest BCUT2D eigenvalue weighted by molar-refractivity contribution is 0.0939. The van der Waals surface area contributed by atoms with E-state index in [-0.39, 0.29) is 16.8 Å². The Kier molecular flexibility index (Phi) is 5.62. The second kappa shape index (κ2) is 7.49. The number of anilines is 1. The molecule has 0 aliphatic carbocycles. The molecular formula is C18H22N2O3S. The number of carbonyl (C=O) groups is 1. The van der Waals surface area contributed by atoms with Gasteiger partial charge in [0, 0.05) is 18.7 Å². The summed E-state index contributed by atoms with van der Waals surface area (Å²) in [7, 11) is -2.23. The van der Waals surface area contributed by atoms with Crippen LogP contribution in [-0.2, 0) is 10.0 Å². The molecule has 128 valence electrons. The Balaban J connectivity index is 2.32. The molecule has 0 spiro atoms. The minimum Gasteiger partial charge on any atom is -0.350 e. The zero-order valence-electron chi connectivity index (χ0n) is 14.1. The van der Waals surface area contributed by atoms with Gasteiger partial charge in [0.05, 0.1) is 10.6 Å². The second-order valence-corrected chi connectivity index (χ2v) is 7.59. The molecule has 5 nitrogen and oxygen atoms in total. The summed E-state index contributed by atoms with van der Waals surface area (Å²) in [5.74, 6) is -0.274. The average Bonchev–Trinajstić information content (AvgIpc) is 2.61. The first-order valence-electron chi connectivity index (χ1n) is 7.81. The molecule has 2 aromatic carbocycles. The highest BCUT2D eigenvalue weighted by molar-refractivity contribution is 7.92. The van der Waals surface area contributed by atoms with E-state index >= 15 is 0 Å². The lowest BCUT2D eigenvalue weighted by Gasteiger charge is -2.20. The third-order valence-electron chi connectivity index (χ3n) is 3.86. The zero-order valence-corrected chi connectivity index (χ0v) is 14.9. The van der Waals surface area contributed by atoms with E-state index in [1.54, 1.807) is 36.4 Å². The number of sulfonamides is 1. The molecule has 0 bridgehead atoms. The van der Waals surface area contributed by atoms with E-state index < -0.39 is 10.0 Å². The van der Waals surface area contributed by atoms with Crippen LogP contribution in [0.2, 0.25) is 0 Å². The number of para-hydroxylation sites is 1. The van der Waals surface area contributed by atoms with Crippen molar-refractivity contribution in [2.45, 2.75) is 31.2 Å². The van der Waals surface area contributed by atoms with E-state index in [4.69, 9.17) is 0 Å². The van der Waals surface area contributed by atoms with E-state index in [1.165, 1.54) is 23.5 Å². The first kappa shape index (κ1) is 18.0. The van der Waals surface area contributed by atoms with Gasteiger partial charge in [-0.25, -0.2) is 8.42 Å². The van der Waals surface area contributed by atoms with Gasteiger partial charge >= 0.3 is 0 Å². The predicted molar refractivity (Wildman–Crippen MR) is 95.7 cm³/mol. The van der Waals surface area contributed by atoms with Crippen molar-refractivity contribution in [1.29, 1.82) is 0 Å². The van der Waals surface area contributed by atoms with E-state index in [1.807, 2.05) is 19.9 Å². The summed E-state index contributed by atoms with van der Waals surface area (Å²) in [6, 6.07) is 14.9. The Morgan fingerprint density at radius 3 is 2.42 bits per heavy atom. The van der Waals surface area contributed by atoms with Crippen molar-refractivity contribution >= 4 is 21.6 Å². The molecule has 0 aromatic heterocycles. The van der Waals surface area contributed by atoms with Crippen LogP contribution in [0.25, 0.3) is 0 Å². The maximum absolute atomic E-state index is 12.8. The van der Waals surface area contributed by atoms with Gasteiger partial charge in [-0.1, -0.05) is 31.2 Å². The summed E-state index contributed by atoms with van der Waals surface area (Å²) < 4.78 is 26.8. The van der Waals surface area contributed by atoms with Crippen LogP contribution in [0.3, 0.4) is 0 Å². The predicted octanol–water partition coefficient (Wildman–Crippen LogP) is 3.04. The maximum atomic E-state index is 12.8. The monoisotopic (exact) mass is 346 g/mol. The fourth-order valence-corrected chi connectivity index (χ4v) is 3.38. The van der Waals surface area contributed by atoms with Crippen molar-refractivity contribution in [1.82, 2.24) is 5.32 Å². The molecule has 0 aliphatic heterocycles. The van der Waals surface area contributed by atoms with Gasteiger partial charge in [-0.2, -0.15) is 0 Å². The minimum atomic E-state index is -3.73. The van der Waals surface area contributed by atoms with Crippen LogP contribution in [-0.4, -0.2) is 27.4 Å². The number of rotatable bonds is 6.